The summed E-state index contributed by atoms with van der Waals surface area (Å²) in [5, 5.41) is 27.1. The molecule has 0 spiro atoms. The summed E-state index contributed by atoms with van der Waals surface area (Å²) in [7, 11) is 0. The van der Waals surface area contributed by atoms with Crippen LogP contribution in [-0.4, -0.2) is 55.4 Å². The van der Waals surface area contributed by atoms with Crippen molar-refractivity contribution in [2.24, 2.45) is 11.8 Å². The smallest absolute Gasteiger partial charge is 0.221 e. The molecule has 0 saturated heterocycles. The summed E-state index contributed by atoms with van der Waals surface area (Å²) >= 11 is 15.0. The van der Waals surface area contributed by atoms with E-state index in [2.05, 4.69) is 30.6 Å². The van der Waals surface area contributed by atoms with Crippen molar-refractivity contribution < 1.29 is 10.2 Å². The van der Waals surface area contributed by atoms with Gasteiger partial charge in [-0.1, -0.05) is 53.1 Å². The molecule has 2 unspecified atom stereocenters. The Balaban J connectivity index is 0.000000188. The third kappa shape index (κ3) is 11.0. The standard InChI is InChI=1S/2C17H21ClN4OS/c18-12-3-7-14(8-4-12)24-15-9-20-17(19)22-16(15)21-13-5-1-11(10-23)2-6-13;18-12-4-6-14(7-5-12)24-15-9-20-17(19)22-16(15)21-13-3-1-2-11(8-13)10-23/h3-4,7-9,11,13,23H,1-2,5-6,10H2,(H3,19,20,21,22);4-7,9,11,13,23H,1-3,8,10H2,(H3,19,20,21,22). The van der Waals surface area contributed by atoms with E-state index in [1.54, 1.807) is 35.9 Å². The molecule has 256 valence electrons. The van der Waals surface area contributed by atoms with Crippen LogP contribution in [0.15, 0.2) is 80.5 Å². The fraction of sp³-hybridized carbons (Fsp3) is 0.412. The molecule has 14 heteroatoms. The van der Waals surface area contributed by atoms with Crippen molar-refractivity contribution in [3.05, 3.63) is 71.0 Å². The van der Waals surface area contributed by atoms with Gasteiger partial charge in [-0.2, -0.15) is 9.97 Å². The molecule has 2 atom stereocenters. The van der Waals surface area contributed by atoms with Crippen molar-refractivity contribution >= 4 is 70.3 Å². The van der Waals surface area contributed by atoms with Crippen molar-refractivity contribution in [3.63, 3.8) is 0 Å². The first-order valence-electron chi connectivity index (χ1n) is 16.1. The van der Waals surface area contributed by atoms with Crippen LogP contribution in [-0.2, 0) is 0 Å². The highest BCUT2D eigenvalue weighted by molar-refractivity contribution is 7.99. The van der Waals surface area contributed by atoms with Crippen LogP contribution in [0.2, 0.25) is 10.0 Å². The number of anilines is 4. The molecule has 0 aliphatic heterocycles. The van der Waals surface area contributed by atoms with E-state index in [1.807, 2.05) is 48.5 Å². The third-order valence-corrected chi connectivity index (χ3v) is 11.0. The van der Waals surface area contributed by atoms with Crippen molar-refractivity contribution in [1.29, 1.82) is 0 Å². The summed E-state index contributed by atoms with van der Waals surface area (Å²) in [4.78, 5) is 21.0. The van der Waals surface area contributed by atoms with Gasteiger partial charge >= 0.3 is 0 Å². The Morgan fingerprint density at radius 3 is 1.60 bits per heavy atom. The van der Waals surface area contributed by atoms with Crippen LogP contribution in [0.25, 0.3) is 0 Å². The minimum atomic E-state index is 0.247. The zero-order valence-electron chi connectivity index (χ0n) is 26.6. The van der Waals surface area contributed by atoms with E-state index in [4.69, 9.17) is 34.7 Å². The molecule has 0 radical (unpaired) electrons. The van der Waals surface area contributed by atoms with Crippen molar-refractivity contribution in [3.8, 4) is 0 Å². The normalized spacial score (nSPS) is 20.8. The zero-order valence-corrected chi connectivity index (χ0v) is 29.7. The first-order chi connectivity index (χ1) is 23.3. The molecule has 2 fully saturated rings. The Kier molecular flexibility index (Phi) is 13.7. The number of halogens is 2. The molecule has 2 saturated carbocycles. The lowest BCUT2D eigenvalue weighted by atomic mass is 9.86. The van der Waals surface area contributed by atoms with Crippen LogP contribution >= 0.6 is 46.7 Å². The Labute approximate surface area is 300 Å². The number of aromatic nitrogens is 4. The summed E-state index contributed by atoms with van der Waals surface area (Å²) in [6, 6.07) is 16.0. The number of aliphatic hydroxyl groups excluding tert-OH is 2. The first-order valence-corrected chi connectivity index (χ1v) is 18.5. The number of nitrogens with one attached hydrogen (secondary N) is 2. The monoisotopic (exact) mass is 728 g/mol. The predicted molar refractivity (Wildman–Crippen MR) is 197 cm³/mol. The van der Waals surface area contributed by atoms with Gasteiger partial charge in [0.05, 0.1) is 9.79 Å². The summed E-state index contributed by atoms with van der Waals surface area (Å²) in [5.74, 6) is 2.85. The molecule has 48 heavy (non-hydrogen) atoms. The fourth-order valence-corrected chi connectivity index (χ4v) is 7.77. The summed E-state index contributed by atoms with van der Waals surface area (Å²) < 4.78 is 0. The number of nitrogen functional groups attached to an aromatic ring is 2. The van der Waals surface area contributed by atoms with Gasteiger partial charge < -0.3 is 32.3 Å². The Morgan fingerprint density at radius 1 is 0.646 bits per heavy atom. The van der Waals surface area contributed by atoms with Crippen LogP contribution in [0.4, 0.5) is 23.5 Å². The van der Waals surface area contributed by atoms with Gasteiger partial charge in [0.25, 0.3) is 0 Å². The summed E-state index contributed by atoms with van der Waals surface area (Å²) in [6.45, 7) is 0.529. The van der Waals surface area contributed by atoms with Gasteiger partial charge in [-0.15, -0.1) is 0 Å². The Bertz CT molecular complexity index is 1600. The molecule has 2 aliphatic carbocycles. The number of hydrogen-bond donors (Lipinski definition) is 6. The molecule has 2 aromatic carbocycles. The largest absolute Gasteiger partial charge is 0.396 e. The minimum absolute atomic E-state index is 0.247. The Morgan fingerprint density at radius 2 is 1.12 bits per heavy atom. The van der Waals surface area contributed by atoms with Crippen molar-refractivity contribution in [1.82, 2.24) is 19.9 Å². The number of rotatable bonds is 10. The number of nitrogens with two attached hydrogens (primary N) is 2. The van der Waals surface area contributed by atoms with Crippen LogP contribution in [0.1, 0.15) is 51.4 Å². The van der Waals surface area contributed by atoms with Gasteiger partial charge in [0.2, 0.25) is 11.9 Å². The number of benzene rings is 2. The number of aliphatic hydroxyl groups is 2. The summed E-state index contributed by atoms with van der Waals surface area (Å²) in [6.07, 6.45) is 11.9. The van der Waals surface area contributed by atoms with E-state index in [9.17, 15) is 10.2 Å². The lowest BCUT2D eigenvalue weighted by molar-refractivity contribution is 0.184. The van der Waals surface area contributed by atoms with Gasteiger partial charge in [-0.25, -0.2) is 9.97 Å². The van der Waals surface area contributed by atoms with Crippen LogP contribution in [0.5, 0.6) is 0 Å². The average Bonchev–Trinajstić information content (AvgIpc) is 3.10. The SMILES string of the molecule is Nc1ncc(Sc2ccc(Cl)cc2)c(NC2CCC(CO)CC2)n1.Nc1ncc(Sc2ccc(Cl)cc2)c(NC2CCCC(CO)C2)n1. The van der Waals surface area contributed by atoms with E-state index in [-0.39, 0.29) is 25.1 Å². The third-order valence-electron chi connectivity index (χ3n) is 8.46. The highest BCUT2D eigenvalue weighted by Gasteiger charge is 2.24. The second kappa shape index (κ2) is 18.1. The average molecular weight is 730 g/mol. The molecule has 4 aromatic rings. The molecule has 6 rings (SSSR count). The highest BCUT2D eigenvalue weighted by Crippen LogP contribution is 2.36. The second-order valence-corrected chi connectivity index (χ2v) is 15.2. The molecule has 10 nitrogen and oxygen atoms in total. The molecule has 0 amide bonds. The van der Waals surface area contributed by atoms with Crippen LogP contribution in [0, 0.1) is 11.8 Å². The molecular formula is C34H42Cl2N8O2S2. The Hall–Kier alpha value is -3.00. The van der Waals surface area contributed by atoms with Gasteiger partial charge in [0.1, 0.15) is 11.6 Å². The number of hydrogen-bond acceptors (Lipinski definition) is 12. The minimum Gasteiger partial charge on any atom is -0.396 e. The molecule has 2 aliphatic rings. The van der Waals surface area contributed by atoms with Crippen LogP contribution in [0.3, 0.4) is 0 Å². The summed E-state index contributed by atoms with van der Waals surface area (Å²) in [5.41, 5.74) is 11.5. The van der Waals surface area contributed by atoms with E-state index >= 15 is 0 Å². The van der Waals surface area contributed by atoms with E-state index in [0.29, 0.717) is 34.0 Å². The fourth-order valence-electron chi connectivity index (χ4n) is 5.85. The van der Waals surface area contributed by atoms with Gasteiger partial charge in [0.15, 0.2) is 0 Å². The molecule has 2 heterocycles. The molecule has 2 aromatic heterocycles. The van der Waals surface area contributed by atoms with E-state index in [1.165, 1.54) is 0 Å². The quantitative estimate of drug-likeness (QED) is 0.0945. The second-order valence-electron chi connectivity index (χ2n) is 12.1. The maximum Gasteiger partial charge on any atom is 0.221 e. The zero-order chi connectivity index (χ0) is 33.9. The molecule has 8 N–H and O–H groups in total. The van der Waals surface area contributed by atoms with Gasteiger partial charge in [0, 0.05) is 57.5 Å². The first kappa shape index (κ1) is 36.3. The van der Waals surface area contributed by atoms with Gasteiger partial charge in [-0.3, -0.25) is 0 Å². The topological polar surface area (TPSA) is 168 Å². The lowest BCUT2D eigenvalue weighted by Crippen LogP contribution is -2.29. The maximum atomic E-state index is 9.40. The van der Waals surface area contributed by atoms with Gasteiger partial charge in [-0.05, 0) is 105 Å². The predicted octanol–water partition coefficient (Wildman–Crippen LogP) is 7.65. The maximum absolute atomic E-state index is 9.40. The van der Waals surface area contributed by atoms with Crippen molar-refractivity contribution in [2.45, 2.75) is 83.0 Å². The van der Waals surface area contributed by atoms with E-state index < -0.39 is 0 Å². The lowest BCUT2D eigenvalue weighted by Gasteiger charge is -2.29. The van der Waals surface area contributed by atoms with E-state index in [0.717, 1.165) is 82.6 Å². The number of nitrogens with zero attached hydrogens (tertiary/aromatic N) is 4. The molecule has 0 bridgehead atoms. The highest BCUT2D eigenvalue weighted by atomic mass is 35.5. The molecular weight excluding hydrogens is 687 g/mol. The van der Waals surface area contributed by atoms with Crippen molar-refractivity contribution in [2.75, 3.05) is 35.3 Å². The van der Waals surface area contributed by atoms with Crippen LogP contribution < -0.4 is 22.1 Å².